The molecule has 2 fully saturated rings. The Labute approximate surface area is 199 Å². The standard InChI is InChI=1S/C23H26F3N3O4S/c24-23(25,26)33-17-9-7-16(8-10-17)32-13-20(30)27-12-21-28-18(14-34-21)22(31)29-11-3-5-15-4-1-2-6-19(15)29/h7-10,14-15,19H,1-6,11-13H2,(H,27,30). The first-order valence-electron chi connectivity index (χ1n) is 11.3. The molecule has 7 nitrogen and oxygen atoms in total. The van der Waals surface area contributed by atoms with Crippen LogP contribution in [0.4, 0.5) is 13.2 Å². The van der Waals surface area contributed by atoms with Crippen molar-refractivity contribution in [3.63, 3.8) is 0 Å². The molecule has 34 heavy (non-hydrogen) atoms. The summed E-state index contributed by atoms with van der Waals surface area (Å²) in [6.07, 6.45) is 2.10. The van der Waals surface area contributed by atoms with Crippen LogP contribution >= 0.6 is 11.3 Å². The number of hydrogen-bond donors (Lipinski definition) is 1. The number of halogens is 3. The van der Waals surface area contributed by atoms with E-state index in [9.17, 15) is 22.8 Å². The molecule has 11 heteroatoms. The number of alkyl halides is 3. The second kappa shape index (κ2) is 10.6. The monoisotopic (exact) mass is 497 g/mol. The maximum atomic E-state index is 13.1. The molecule has 1 aliphatic carbocycles. The van der Waals surface area contributed by atoms with Crippen LogP contribution in [0.25, 0.3) is 0 Å². The quantitative estimate of drug-likeness (QED) is 0.608. The second-order valence-corrected chi connectivity index (χ2v) is 9.41. The van der Waals surface area contributed by atoms with Gasteiger partial charge >= 0.3 is 6.36 Å². The Kier molecular flexibility index (Phi) is 7.60. The first-order chi connectivity index (χ1) is 16.3. The van der Waals surface area contributed by atoms with Crippen molar-refractivity contribution in [3.05, 3.63) is 40.3 Å². The largest absolute Gasteiger partial charge is 0.573 e. The molecule has 1 saturated heterocycles. The van der Waals surface area contributed by atoms with Crippen molar-refractivity contribution in [1.29, 1.82) is 0 Å². The van der Waals surface area contributed by atoms with Gasteiger partial charge in [-0.1, -0.05) is 12.8 Å². The van der Waals surface area contributed by atoms with Crippen molar-refractivity contribution >= 4 is 23.2 Å². The summed E-state index contributed by atoms with van der Waals surface area (Å²) >= 11 is 1.31. The number of nitrogens with zero attached hydrogens (tertiary/aromatic N) is 2. The third-order valence-corrected chi connectivity index (χ3v) is 6.99. The summed E-state index contributed by atoms with van der Waals surface area (Å²) < 4.78 is 45.7. The molecule has 2 amide bonds. The minimum absolute atomic E-state index is 0.0355. The van der Waals surface area contributed by atoms with Crippen molar-refractivity contribution in [1.82, 2.24) is 15.2 Å². The SMILES string of the molecule is O=C(COc1ccc(OC(F)(F)F)cc1)NCc1nc(C(=O)N2CCCC3CCCCC32)cs1. The van der Waals surface area contributed by atoms with E-state index in [-0.39, 0.29) is 30.6 Å². The summed E-state index contributed by atoms with van der Waals surface area (Å²) in [6.45, 7) is 0.613. The van der Waals surface area contributed by atoms with Crippen molar-refractivity contribution < 1.29 is 32.2 Å². The lowest BCUT2D eigenvalue weighted by Gasteiger charge is -2.43. The van der Waals surface area contributed by atoms with Gasteiger partial charge in [0, 0.05) is 18.0 Å². The fourth-order valence-electron chi connectivity index (χ4n) is 4.63. The van der Waals surface area contributed by atoms with Crippen molar-refractivity contribution in [2.24, 2.45) is 5.92 Å². The van der Waals surface area contributed by atoms with Gasteiger partial charge in [0.25, 0.3) is 11.8 Å². The van der Waals surface area contributed by atoms with Crippen molar-refractivity contribution in [2.45, 2.75) is 57.5 Å². The van der Waals surface area contributed by atoms with Crippen LogP contribution in [0.2, 0.25) is 0 Å². The Bertz CT molecular complexity index is 994. The molecule has 2 unspecified atom stereocenters. The molecule has 1 aromatic heterocycles. The molecule has 1 aromatic carbocycles. The maximum absolute atomic E-state index is 13.1. The van der Waals surface area contributed by atoms with Crippen LogP contribution < -0.4 is 14.8 Å². The Balaban J connectivity index is 1.23. The molecule has 1 N–H and O–H groups in total. The summed E-state index contributed by atoms with van der Waals surface area (Å²) in [4.78, 5) is 31.5. The summed E-state index contributed by atoms with van der Waals surface area (Å²) in [6, 6.07) is 5.08. The van der Waals surface area contributed by atoms with E-state index >= 15 is 0 Å². The highest BCUT2D eigenvalue weighted by molar-refractivity contribution is 7.09. The van der Waals surface area contributed by atoms with Crippen molar-refractivity contribution in [2.75, 3.05) is 13.2 Å². The number of amides is 2. The molecule has 2 aromatic rings. The number of fused-ring (bicyclic) bond motifs is 1. The number of hydrogen-bond acceptors (Lipinski definition) is 6. The molecular formula is C23H26F3N3O4S. The van der Waals surface area contributed by atoms with Gasteiger partial charge in [-0.2, -0.15) is 0 Å². The topological polar surface area (TPSA) is 80.8 Å². The van der Waals surface area contributed by atoms with Crippen LogP contribution in [0, 0.1) is 5.92 Å². The van der Waals surface area contributed by atoms with Crippen LogP contribution in [0.3, 0.4) is 0 Å². The molecule has 2 aliphatic rings. The molecule has 1 saturated carbocycles. The maximum Gasteiger partial charge on any atom is 0.573 e. The molecule has 0 bridgehead atoms. The highest BCUT2D eigenvalue weighted by Crippen LogP contribution is 2.36. The third-order valence-electron chi connectivity index (χ3n) is 6.14. The molecular weight excluding hydrogens is 471 g/mol. The summed E-state index contributed by atoms with van der Waals surface area (Å²) in [5.41, 5.74) is 0.415. The van der Waals surface area contributed by atoms with Crippen LogP contribution in [0.15, 0.2) is 29.6 Å². The lowest BCUT2D eigenvalue weighted by Crippen LogP contribution is -2.49. The van der Waals surface area contributed by atoms with E-state index in [0.717, 1.165) is 37.9 Å². The Morgan fingerprint density at radius 3 is 2.56 bits per heavy atom. The Morgan fingerprint density at radius 2 is 1.79 bits per heavy atom. The number of ether oxygens (including phenoxy) is 2. The van der Waals surface area contributed by atoms with Gasteiger partial charge in [0.1, 0.15) is 22.2 Å². The zero-order valence-corrected chi connectivity index (χ0v) is 19.3. The molecule has 0 radical (unpaired) electrons. The number of likely N-dealkylation sites (tertiary alicyclic amines) is 1. The van der Waals surface area contributed by atoms with Gasteiger partial charge in [-0.25, -0.2) is 4.98 Å². The minimum Gasteiger partial charge on any atom is -0.484 e. The van der Waals surface area contributed by atoms with E-state index in [4.69, 9.17) is 4.74 Å². The van der Waals surface area contributed by atoms with E-state index < -0.39 is 12.3 Å². The smallest absolute Gasteiger partial charge is 0.484 e. The van der Waals surface area contributed by atoms with Crippen molar-refractivity contribution in [3.8, 4) is 11.5 Å². The van der Waals surface area contributed by atoms with E-state index in [1.807, 2.05) is 4.90 Å². The fourth-order valence-corrected chi connectivity index (χ4v) is 5.33. The molecule has 0 spiro atoms. The number of carbonyl (C=O) groups excluding carboxylic acids is 2. The number of thiazole rings is 1. The predicted molar refractivity (Wildman–Crippen MR) is 119 cm³/mol. The zero-order valence-electron chi connectivity index (χ0n) is 18.5. The van der Waals surface area contributed by atoms with Crippen LogP contribution in [-0.2, 0) is 11.3 Å². The second-order valence-electron chi connectivity index (χ2n) is 8.46. The van der Waals surface area contributed by atoms with Gasteiger partial charge in [-0.15, -0.1) is 24.5 Å². The van der Waals surface area contributed by atoms with Gasteiger partial charge in [0.2, 0.25) is 0 Å². The Hall–Kier alpha value is -2.82. The molecule has 184 valence electrons. The van der Waals surface area contributed by atoms with E-state index in [1.54, 1.807) is 5.38 Å². The number of carbonyl (C=O) groups is 2. The number of piperidine rings is 1. The van der Waals surface area contributed by atoms with E-state index in [2.05, 4.69) is 15.0 Å². The lowest BCUT2D eigenvalue weighted by atomic mass is 9.78. The summed E-state index contributed by atoms with van der Waals surface area (Å²) in [5, 5.41) is 5.02. The predicted octanol–water partition coefficient (Wildman–Crippen LogP) is 4.53. The molecule has 4 rings (SSSR count). The third kappa shape index (κ3) is 6.40. The number of nitrogens with one attached hydrogen (secondary N) is 1. The van der Waals surface area contributed by atoms with E-state index in [1.165, 1.54) is 42.7 Å². The molecule has 2 heterocycles. The van der Waals surface area contributed by atoms with Gasteiger partial charge in [-0.3, -0.25) is 9.59 Å². The van der Waals surface area contributed by atoms with Gasteiger partial charge in [-0.05, 0) is 55.9 Å². The summed E-state index contributed by atoms with van der Waals surface area (Å²) in [5.74, 6) is 0.0000296. The highest BCUT2D eigenvalue weighted by atomic mass is 32.1. The minimum atomic E-state index is -4.77. The average Bonchev–Trinajstić information content (AvgIpc) is 3.29. The van der Waals surface area contributed by atoms with Gasteiger partial charge in [0.15, 0.2) is 6.61 Å². The van der Waals surface area contributed by atoms with Crippen LogP contribution in [0.5, 0.6) is 11.5 Å². The molecule has 1 aliphatic heterocycles. The fraction of sp³-hybridized carbons (Fsp3) is 0.522. The normalized spacial score (nSPS) is 20.4. The van der Waals surface area contributed by atoms with Crippen LogP contribution in [0.1, 0.15) is 54.0 Å². The zero-order chi connectivity index (χ0) is 24.1. The van der Waals surface area contributed by atoms with Gasteiger partial charge in [0.05, 0.1) is 6.54 Å². The van der Waals surface area contributed by atoms with Crippen LogP contribution in [-0.4, -0.2) is 47.3 Å². The first-order valence-corrected chi connectivity index (χ1v) is 12.2. The summed E-state index contributed by atoms with van der Waals surface area (Å²) in [7, 11) is 0. The lowest BCUT2D eigenvalue weighted by molar-refractivity contribution is -0.274. The van der Waals surface area contributed by atoms with Gasteiger partial charge < -0.3 is 19.7 Å². The first kappa shape index (κ1) is 24.3. The van der Waals surface area contributed by atoms with E-state index in [0.29, 0.717) is 22.7 Å². The average molecular weight is 498 g/mol. The number of rotatable bonds is 7. The molecule has 2 atom stereocenters. The number of benzene rings is 1. The highest BCUT2D eigenvalue weighted by Gasteiger charge is 2.36. The Morgan fingerprint density at radius 1 is 1.09 bits per heavy atom. The number of aromatic nitrogens is 1.